The molecule has 1 aliphatic carbocycles. The third kappa shape index (κ3) is 5.56. The third-order valence-electron chi connectivity index (χ3n) is 6.38. The number of rotatable bonds is 8. The molecule has 0 atom stereocenters. The molecule has 0 aromatic heterocycles. The summed E-state index contributed by atoms with van der Waals surface area (Å²) in [6.07, 6.45) is 11.9. The van der Waals surface area contributed by atoms with Gasteiger partial charge < -0.3 is 0 Å². The smallest absolute Gasteiger partial charge is 0.166 e. The summed E-state index contributed by atoms with van der Waals surface area (Å²) in [5.41, 5.74) is 2.67. The van der Waals surface area contributed by atoms with Crippen LogP contribution in [-0.2, 0) is 12.8 Å². The van der Waals surface area contributed by atoms with E-state index >= 15 is 0 Å². The topological polar surface area (TPSA) is 0 Å². The Labute approximate surface area is 179 Å². The molecule has 1 saturated carbocycles. The van der Waals surface area contributed by atoms with Crippen LogP contribution < -0.4 is 0 Å². The van der Waals surface area contributed by atoms with Gasteiger partial charge in [-0.25, -0.2) is 13.2 Å². The van der Waals surface area contributed by atoms with Gasteiger partial charge in [0.05, 0.1) is 0 Å². The van der Waals surface area contributed by atoms with Gasteiger partial charge in [0.25, 0.3) is 0 Å². The van der Waals surface area contributed by atoms with E-state index in [9.17, 15) is 13.2 Å². The molecule has 0 saturated heterocycles. The number of allylic oxidation sites excluding steroid dienone is 1. The van der Waals surface area contributed by atoms with Crippen molar-refractivity contribution in [2.45, 2.75) is 77.6 Å². The highest BCUT2D eigenvalue weighted by atomic mass is 19.2. The van der Waals surface area contributed by atoms with Crippen molar-refractivity contribution in [2.75, 3.05) is 0 Å². The number of aryl methyl sites for hydroxylation is 2. The molecular weight excluding hydrogens is 381 g/mol. The maximum absolute atomic E-state index is 14.4. The van der Waals surface area contributed by atoms with Crippen molar-refractivity contribution in [2.24, 2.45) is 5.92 Å². The van der Waals surface area contributed by atoms with Crippen LogP contribution >= 0.6 is 0 Å². The molecule has 2 aromatic carbocycles. The third-order valence-corrected chi connectivity index (χ3v) is 6.38. The average molecular weight is 415 g/mol. The van der Waals surface area contributed by atoms with Crippen LogP contribution in [0.5, 0.6) is 0 Å². The Morgan fingerprint density at radius 3 is 2.23 bits per heavy atom. The zero-order valence-electron chi connectivity index (χ0n) is 18.2. The van der Waals surface area contributed by atoms with Crippen molar-refractivity contribution in [3.63, 3.8) is 0 Å². The minimum atomic E-state index is -0.746. The molecule has 0 amide bonds. The summed E-state index contributed by atoms with van der Waals surface area (Å²) in [5.74, 6) is -0.803. The SMILES string of the molecule is CCCCc1ccc(C2CCC(C=Cc3ccc(CCC)c(F)c3F)CC2)cc1F. The van der Waals surface area contributed by atoms with Gasteiger partial charge in [0.2, 0.25) is 0 Å². The van der Waals surface area contributed by atoms with Crippen molar-refractivity contribution < 1.29 is 13.2 Å². The Morgan fingerprint density at radius 1 is 0.833 bits per heavy atom. The first-order valence-electron chi connectivity index (χ1n) is 11.5. The summed E-state index contributed by atoms with van der Waals surface area (Å²) in [4.78, 5) is 0. The van der Waals surface area contributed by atoms with Crippen molar-refractivity contribution >= 4 is 6.08 Å². The van der Waals surface area contributed by atoms with Gasteiger partial charge in [-0.3, -0.25) is 0 Å². The van der Waals surface area contributed by atoms with Gasteiger partial charge in [0, 0.05) is 5.56 Å². The first-order chi connectivity index (χ1) is 14.5. The summed E-state index contributed by atoms with van der Waals surface area (Å²) in [6.45, 7) is 4.07. The molecular formula is C27H33F3. The summed E-state index contributed by atoms with van der Waals surface area (Å²) in [6, 6.07) is 9.13. The van der Waals surface area contributed by atoms with E-state index in [-0.39, 0.29) is 5.82 Å². The predicted molar refractivity (Wildman–Crippen MR) is 119 cm³/mol. The fourth-order valence-corrected chi connectivity index (χ4v) is 4.47. The van der Waals surface area contributed by atoms with Gasteiger partial charge in [-0.1, -0.05) is 63.1 Å². The van der Waals surface area contributed by atoms with E-state index < -0.39 is 11.6 Å². The van der Waals surface area contributed by atoms with Crippen LogP contribution in [0, 0.1) is 23.4 Å². The Bertz CT molecular complexity index is 861. The molecule has 30 heavy (non-hydrogen) atoms. The molecule has 2 aromatic rings. The van der Waals surface area contributed by atoms with Gasteiger partial charge >= 0.3 is 0 Å². The van der Waals surface area contributed by atoms with Gasteiger partial charge in [-0.05, 0) is 79.5 Å². The second-order valence-electron chi connectivity index (χ2n) is 8.62. The predicted octanol–water partition coefficient (Wildman–Crippen LogP) is 8.39. The van der Waals surface area contributed by atoms with E-state index in [2.05, 4.69) is 13.0 Å². The molecule has 162 valence electrons. The Kier molecular flexibility index (Phi) is 8.18. The summed E-state index contributed by atoms with van der Waals surface area (Å²) in [7, 11) is 0. The molecule has 1 fully saturated rings. The van der Waals surface area contributed by atoms with Crippen molar-refractivity contribution in [3.8, 4) is 0 Å². The van der Waals surface area contributed by atoms with E-state index in [4.69, 9.17) is 0 Å². The van der Waals surface area contributed by atoms with Crippen molar-refractivity contribution in [3.05, 3.63) is 76.1 Å². The van der Waals surface area contributed by atoms with Crippen LogP contribution in [0.15, 0.2) is 36.4 Å². The fourth-order valence-electron chi connectivity index (χ4n) is 4.47. The monoisotopic (exact) mass is 414 g/mol. The van der Waals surface area contributed by atoms with E-state index in [1.54, 1.807) is 24.3 Å². The Morgan fingerprint density at radius 2 is 1.57 bits per heavy atom. The second kappa shape index (κ2) is 10.8. The van der Waals surface area contributed by atoms with E-state index in [1.807, 2.05) is 19.1 Å². The van der Waals surface area contributed by atoms with Gasteiger partial charge in [0.15, 0.2) is 11.6 Å². The minimum Gasteiger partial charge on any atom is -0.207 e. The number of hydrogen-bond donors (Lipinski definition) is 0. The number of benzene rings is 2. The number of unbranched alkanes of at least 4 members (excludes halogenated alkanes) is 1. The molecule has 0 unspecified atom stereocenters. The summed E-state index contributed by atoms with van der Waals surface area (Å²) < 4.78 is 42.8. The maximum Gasteiger partial charge on any atom is 0.166 e. The lowest BCUT2D eigenvalue weighted by molar-refractivity contribution is 0.376. The Balaban J connectivity index is 1.58. The highest BCUT2D eigenvalue weighted by Crippen LogP contribution is 2.37. The van der Waals surface area contributed by atoms with E-state index in [0.717, 1.165) is 62.5 Å². The molecule has 0 bridgehead atoms. The minimum absolute atomic E-state index is 0.0769. The molecule has 1 aliphatic rings. The number of halogens is 3. The first-order valence-corrected chi connectivity index (χ1v) is 11.5. The highest BCUT2D eigenvalue weighted by molar-refractivity contribution is 5.51. The largest absolute Gasteiger partial charge is 0.207 e. The lowest BCUT2D eigenvalue weighted by atomic mass is 9.78. The molecule has 0 nitrogen and oxygen atoms in total. The van der Waals surface area contributed by atoms with Gasteiger partial charge in [-0.15, -0.1) is 0 Å². The molecule has 0 radical (unpaired) electrons. The second-order valence-corrected chi connectivity index (χ2v) is 8.62. The van der Waals surface area contributed by atoms with Crippen LogP contribution in [0.25, 0.3) is 6.08 Å². The standard InChI is InChI=1S/C27H33F3/c1-3-5-7-21-14-17-24(18-25(21)28)20-11-8-19(9-12-20)10-13-23-16-15-22(6-4-2)26(29)27(23)30/h10,13-20H,3-9,11-12H2,1-2H3. The van der Waals surface area contributed by atoms with E-state index in [0.29, 0.717) is 29.4 Å². The first kappa shape index (κ1) is 22.7. The lowest BCUT2D eigenvalue weighted by Crippen LogP contribution is -2.12. The van der Waals surface area contributed by atoms with Crippen molar-refractivity contribution in [1.82, 2.24) is 0 Å². The lowest BCUT2D eigenvalue weighted by Gasteiger charge is -2.27. The molecule has 0 spiro atoms. The van der Waals surface area contributed by atoms with Gasteiger partial charge in [-0.2, -0.15) is 0 Å². The van der Waals surface area contributed by atoms with Crippen LogP contribution in [0.2, 0.25) is 0 Å². The molecule has 3 heteroatoms. The molecule has 0 heterocycles. The molecule has 3 rings (SSSR count). The average Bonchev–Trinajstić information content (AvgIpc) is 2.76. The molecule has 0 N–H and O–H groups in total. The normalized spacial score (nSPS) is 19.5. The fraction of sp³-hybridized carbons (Fsp3) is 0.481. The maximum atomic E-state index is 14.4. The quantitative estimate of drug-likeness (QED) is 0.407. The number of hydrogen-bond acceptors (Lipinski definition) is 0. The summed E-state index contributed by atoms with van der Waals surface area (Å²) >= 11 is 0. The van der Waals surface area contributed by atoms with Crippen LogP contribution in [0.3, 0.4) is 0 Å². The van der Waals surface area contributed by atoms with Crippen LogP contribution in [0.1, 0.15) is 87.0 Å². The van der Waals surface area contributed by atoms with Crippen LogP contribution in [-0.4, -0.2) is 0 Å². The Hall–Kier alpha value is -2.03. The van der Waals surface area contributed by atoms with Gasteiger partial charge in [0.1, 0.15) is 5.82 Å². The summed E-state index contributed by atoms with van der Waals surface area (Å²) in [5, 5.41) is 0. The van der Waals surface area contributed by atoms with Crippen LogP contribution in [0.4, 0.5) is 13.2 Å². The highest BCUT2D eigenvalue weighted by Gasteiger charge is 2.22. The van der Waals surface area contributed by atoms with E-state index in [1.165, 1.54) is 0 Å². The zero-order valence-corrected chi connectivity index (χ0v) is 18.2. The van der Waals surface area contributed by atoms with Crippen molar-refractivity contribution in [1.29, 1.82) is 0 Å². The molecule has 0 aliphatic heterocycles. The zero-order chi connectivity index (χ0) is 21.5.